The topological polar surface area (TPSA) is 82.1 Å². The minimum absolute atomic E-state index is 0.145. The summed E-state index contributed by atoms with van der Waals surface area (Å²) in [5.74, 6) is -0.939. The second kappa shape index (κ2) is 8.01. The minimum atomic E-state index is -1.32. The van der Waals surface area contributed by atoms with Gasteiger partial charge in [0.15, 0.2) is 0 Å². The van der Waals surface area contributed by atoms with E-state index in [4.69, 9.17) is 19.3 Å². The molecule has 1 rings (SSSR count). The first-order valence-electron chi connectivity index (χ1n) is 7.31. The van der Waals surface area contributed by atoms with Gasteiger partial charge < -0.3 is 19.3 Å². The van der Waals surface area contributed by atoms with E-state index in [0.29, 0.717) is 17.9 Å². The second-order valence-electron chi connectivity index (χ2n) is 6.38. The summed E-state index contributed by atoms with van der Waals surface area (Å²) >= 11 is 0. The van der Waals surface area contributed by atoms with Crippen molar-refractivity contribution < 1.29 is 28.9 Å². The van der Waals surface area contributed by atoms with Crippen molar-refractivity contribution in [3.05, 3.63) is 23.3 Å². The third-order valence-corrected chi connectivity index (χ3v) is 4.95. The maximum absolute atomic E-state index is 12.4. The zero-order chi connectivity index (χ0) is 17.6. The Kier molecular flexibility index (Phi) is 6.62. The normalized spacial score (nSPS) is 11.0. The van der Waals surface area contributed by atoms with Gasteiger partial charge in [-0.25, -0.2) is 4.79 Å². The number of carboxylic acid groups (broad SMARTS) is 1. The Morgan fingerprint density at radius 2 is 1.78 bits per heavy atom. The van der Waals surface area contributed by atoms with Crippen molar-refractivity contribution in [3.8, 4) is 11.5 Å². The van der Waals surface area contributed by atoms with Crippen LogP contribution in [0.4, 0.5) is 0 Å². The summed E-state index contributed by atoms with van der Waals surface area (Å²) in [5, 5.41) is 9.05. The molecule has 0 aromatic heterocycles. The van der Waals surface area contributed by atoms with Crippen LogP contribution in [0.15, 0.2) is 12.1 Å². The molecule has 23 heavy (non-hydrogen) atoms. The third-order valence-electron chi connectivity index (χ3n) is 3.24. The van der Waals surface area contributed by atoms with Gasteiger partial charge in [-0.3, -0.25) is 4.79 Å². The zero-order valence-electron chi connectivity index (χ0n) is 14.3. The van der Waals surface area contributed by atoms with Gasteiger partial charge in [-0.05, 0) is 17.7 Å². The number of rotatable bonds is 8. The van der Waals surface area contributed by atoms with Crippen LogP contribution in [0.25, 0.3) is 0 Å². The van der Waals surface area contributed by atoms with Gasteiger partial charge in [0.1, 0.15) is 17.1 Å². The molecule has 7 heteroatoms. The highest BCUT2D eigenvalue weighted by atomic mass is 28.3. The van der Waals surface area contributed by atoms with Crippen LogP contribution in [0.1, 0.15) is 15.9 Å². The van der Waals surface area contributed by atoms with Crippen molar-refractivity contribution in [1.29, 1.82) is 0 Å². The molecular formula is C16H24O6Si. The van der Waals surface area contributed by atoms with E-state index in [0.717, 1.165) is 6.04 Å². The number of aliphatic carboxylic acids is 1. The molecule has 0 heterocycles. The number of carbonyl (C=O) groups is 2. The average molecular weight is 340 g/mol. The molecule has 0 saturated carbocycles. The smallest absolute Gasteiger partial charge is 0.342 e. The number of carbonyl (C=O) groups excluding carboxylic acids is 1. The molecule has 0 radical (unpaired) electrons. The monoisotopic (exact) mass is 340 g/mol. The number of hydrogen-bond acceptors (Lipinski definition) is 5. The number of hydrogen-bond donors (Lipinski definition) is 1. The minimum Gasteiger partial charge on any atom is -0.497 e. The van der Waals surface area contributed by atoms with Crippen molar-refractivity contribution in [1.82, 2.24) is 0 Å². The lowest BCUT2D eigenvalue weighted by atomic mass is 10.0. The standard InChI is InChI=1S/C16H24O6Si/c1-20-12-8-11(9-14(17)18)15(13(10-12)21-2)16(19)22-6-7-23(3,4)5/h8,10H,6-7,9H2,1-5H3,(H,17,18). The van der Waals surface area contributed by atoms with Crippen LogP contribution < -0.4 is 9.47 Å². The summed E-state index contributed by atoms with van der Waals surface area (Å²) in [7, 11) is 1.55. The molecule has 0 bridgehead atoms. The Bertz CT molecular complexity index is 577. The van der Waals surface area contributed by atoms with E-state index in [1.807, 2.05) is 0 Å². The molecule has 0 fully saturated rings. The quantitative estimate of drug-likeness (QED) is 0.579. The van der Waals surface area contributed by atoms with E-state index in [9.17, 15) is 9.59 Å². The number of methoxy groups -OCH3 is 2. The molecule has 1 N–H and O–H groups in total. The predicted molar refractivity (Wildman–Crippen MR) is 89.3 cm³/mol. The summed E-state index contributed by atoms with van der Waals surface area (Å²) in [6, 6.07) is 3.90. The molecule has 0 spiro atoms. The predicted octanol–water partition coefficient (Wildman–Crippen LogP) is 2.83. The Morgan fingerprint density at radius 3 is 2.26 bits per heavy atom. The van der Waals surface area contributed by atoms with Crippen LogP contribution in [0.5, 0.6) is 11.5 Å². The molecule has 0 aliphatic rings. The lowest BCUT2D eigenvalue weighted by Crippen LogP contribution is -2.23. The molecular weight excluding hydrogens is 316 g/mol. The first-order valence-corrected chi connectivity index (χ1v) is 11.0. The highest BCUT2D eigenvalue weighted by molar-refractivity contribution is 6.76. The molecule has 0 unspecified atom stereocenters. The number of ether oxygens (including phenoxy) is 3. The largest absolute Gasteiger partial charge is 0.497 e. The van der Waals surface area contributed by atoms with Crippen molar-refractivity contribution in [2.24, 2.45) is 0 Å². The maximum atomic E-state index is 12.4. The van der Waals surface area contributed by atoms with E-state index in [-0.39, 0.29) is 17.7 Å². The summed E-state index contributed by atoms with van der Waals surface area (Å²) in [5.41, 5.74) is 0.456. The van der Waals surface area contributed by atoms with E-state index in [1.165, 1.54) is 20.3 Å². The Morgan fingerprint density at radius 1 is 1.13 bits per heavy atom. The van der Waals surface area contributed by atoms with Gasteiger partial charge in [-0.2, -0.15) is 0 Å². The van der Waals surface area contributed by atoms with Crippen molar-refractivity contribution in [3.63, 3.8) is 0 Å². The Hall–Kier alpha value is -2.02. The van der Waals surface area contributed by atoms with E-state index >= 15 is 0 Å². The second-order valence-corrected chi connectivity index (χ2v) is 12.0. The molecule has 128 valence electrons. The van der Waals surface area contributed by atoms with E-state index < -0.39 is 20.0 Å². The molecule has 1 aromatic rings. The third kappa shape index (κ3) is 5.94. The number of carboxylic acids is 1. The SMILES string of the molecule is COc1cc(CC(=O)O)c(C(=O)OCC[Si](C)(C)C)c(OC)c1. The summed E-state index contributed by atoms with van der Waals surface area (Å²) in [4.78, 5) is 23.5. The fourth-order valence-electron chi connectivity index (χ4n) is 1.98. The van der Waals surface area contributed by atoms with Crippen LogP contribution >= 0.6 is 0 Å². The van der Waals surface area contributed by atoms with Crippen LogP contribution in [0, 0.1) is 0 Å². The number of esters is 1. The van der Waals surface area contributed by atoms with Crippen molar-refractivity contribution in [2.75, 3.05) is 20.8 Å². The molecule has 0 aliphatic carbocycles. The van der Waals surface area contributed by atoms with Gasteiger partial charge in [0, 0.05) is 14.1 Å². The highest BCUT2D eigenvalue weighted by Gasteiger charge is 2.23. The summed E-state index contributed by atoms with van der Waals surface area (Å²) in [6.45, 7) is 6.87. The van der Waals surface area contributed by atoms with Gasteiger partial charge in [0.05, 0.1) is 27.2 Å². The summed E-state index contributed by atoms with van der Waals surface area (Å²) < 4.78 is 15.7. The van der Waals surface area contributed by atoms with Gasteiger partial charge in [-0.15, -0.1) is 0 Å². The van der Waals surface area contributed by atoms with Gasteiger partial charge in [-0.1, -0.05) is 19.6 Å². The Labute approximate surface area is 137 Å². The van der Waals surface area contributed by atoms with Crippen molar-refractivity contribution >= 4 is 20.0 Å². The number of benzene rings is 1. The van der Waals surface area contributed by atoms with Crippen LogP contribution in [0.2, 0.25) is 25.7 Å². The van der Waals surface area contributed by atoms with E-state index in [1.54, 1.807) is 6.07 Å². The Balaban J connectivity index is 3.10. The fraction of sp³-hybridized carbons (Fsp3) is 0.500. The van der Waals surface area contributed by atoms with Gasteiger partial charge in [0.2, 0.25) is 0 Å². The summed E-state index contributed by atoms with van der Waals surface area (Å²) in [6.07, 6.45) is -0.313. The first kappa shape index (κ1) is 19.0. The molecule has 6 nitrogen and oxygen atoms in total. The molecule has 1 aromatic carbocycles. The zero-order valence-corrected chi connectivity index (χ0v) is 15.3. The van der Waals surface area contributed by atoms with Crippen LogP contribution in [-0.4, -0.2) is 45.9 Å². The molecule has 0 atom stereocenters. The highest BCUT2D eigenvalue weighted by Crippen LogP contribution is 2.30. The lowest BCUT2D eigenvalue weighted by molar-refractivity contribution is -0.136. The first-order chi connectivity index (χ1) is 10.7. The van der Waals surface area contributed by atoms with Gasteiger partial charge in [0.25, 0.3) is 0 Å². The average Bonchev–Trinajstić information content (AvgIpc) is 2.44. The molecule has 0 saturated heterocycles. The van der Waals surface area contributed by atoms with E-state index in [2.05, 4.69) is 19.6 Å². The molecule has 0 aliphatic heterocycles. The molecule has 0 amide bonds. The van der Waals surface area contributed by atoms with Crippen LogP contribution in [0.3, 0.4) is 0 Å². The maximum Gasteiger partial charge on any atom is 0.342 e. The van der Waals surface area contributed by atoms with Crippen LogP contribution in [-0.2, 0) is 16.0 Å². The van der Waals surface area contributed by atoms with Crippen molar-refractivity contribution in [2.45, 2.75) is 32.1 Å². The fourth-order valence-corrected chi connectivity index (χ4v) is 2.69. The lowest BCUT2D eigenvalue weighted by Gasteiger charge is -2.17. The van der Waals surface area contributed by atoms with Gasteiger partial charge >= 0.3 is 11.9 Å².